The van der Waals surface area contributed by atoms with Gasteiger partial charge >= 0.3 is 0 Å². The van der Waals surface area contributed by atoms with Crippen LogP contribution in [-0.2, 0) is 9.59 Å². The second-order valence-corrected chi connectivity index (χ2v) is 7.51. The lowest BCUT2D eigenvalue weighted by molar-refractivity contribution is -0.122. The Kier molecular flexibility index (Phi) is 15.7. The lowest BCUT2D eigenvalue weighted by atomic mass is 10.1. The maximum Gasteiger partial charge on any atom is 0.221 e. The number of nitrogens with two attached hydrogens (primary N) is 2. The Labute approximate surface area is 146 Å². The molecule has 2 amide bonds. The second-order valence-electron chi connectivity index (χ2n) is 6.36. The summed E-state index contributed by atoms with van der Waals surface area (Å²) >= 11 is 1.77. The molecule has 0 saturated carbocycles. The van der Waals surface area contributed by atoms with Gasteiger partial charge in [0.25, 0.3) is 0 Å². The van der Waals surface area contributed by atoms with Crippen LogP contribution in [0.4, 0.5) is 0 Å². The van der Waals surface area contributed by atoms with Crippen molar-refractivity contribution in [3.63, 3.8) is 0 Å². The summed E-state index contributed by atoms with van der Waals surface area (Å²) in [4.78, 5) is 22.1. The summed E-state index contributed by atoms with van der Waals surface area (Å²) in [6, 6.07) is 0. The Hall–Kier alpha value is -0.710. The highest BCUT2D eigenvalue weighted by atomic mass is 32.2. The molecule has 0 saturated heterocycles. The van der Waals surface area contributed by atoms with E-state index in [1.54, 1.807) is 11.8 Å². The van der Waals surface area contributed by atoms with Crippen molar-refractivity contribution in [2.75, 3.05) is 11.5 Å². The van der Waals surface area contributed by atoms with Gasteiger partial charge in [0, 0.05) is 18.1 Å². The fourth-order valence-corrected chi connectivity index (χ4v) is 3.73. The van der Waals surface area contributed by atoms with Gasteiger partial charge < -0.3 is 11.5 Å². The molecule has 0 bridgehead atoms. The van der Waals surface area contributed by atoms with Crippen LogP contribution < -0.4 is 11.5 Å². The number of rotatable bonds is 17. The first kappa shape index (κ1) is 22.3. The van der Waals surface area contributed by atoms with Crippen LogP contribution in [-0.4, -0.2) is 23.3 Å². The summed E-state index contributed by atoms with van der Waals surface area (Å²) in [6.07, 6.45) is 14.1. The molecule has 136 valence electrons. The number of amides is 2. The predicted molar refractivity (Wildman–Crippen MR) is 100 cm³/mol. The predicted octanol–water partition coefficient (Wildman–Crippen LogP) is 4.01. The Morgan fingerprint density at radius 2 is 1.39 bits per heavy atom. The van der Waals surface area contributed by atoms with E-state index in [0.29, 0.717) is 12.2 Å². The molecule has 0 aromatic carbocycles. The molecule has 5 heteroatoms. The van der Waals surface area contributed by atoms with Crippen LogP contribution in [0.2, 0.25) is 0 Å². The number of primary amides is 2. The normalized spacial score (nSPS) is 12.2. The highest BCUT2D eigenvalue weighted by Crippen LogP contribution is 2.17. The van der Waals surface area contributed by atoms with Crippen molar-refractivity contribution >= 4 is 23.6 Å². The quantitative estimate of drug-likeness (QED) is 0.391. The third-order valence-corrected chi connectivity index (χ3v) is 5.32. The fraction of sp³-hybridized carbons (Fsp3) is 0.889. The molecule has 0 heterocycles. The maximum atomic E-state index is 11.3. The first-order chi connectivity index (χ1) is 11.1. The molecule has 0 spiro atoms. The van der Waals surface area contributed by atoms with Crippen LogP contribution in [0.3, 0.4) is 0 Å². The van der Waals surface area contributed by atoms with Crippen molar-refractivity contribution in [1.82, 2.24) is 0 Å². The van der Waals surface area contributed by atoms with Gasteiger partial charge in [-0.3, -0.25) is 9.59 Å². The second kappa shape index (κ2) is 16.2. The van der Waals surface area contributed by atoms with Crippen LogP contribution in [0.1, 0.15) is 84.0 Å². The van der Waals surface area contributed by atoms with E-state index in [2.05, 4.69) is 6.92 Å². The fourth-order valence-electron chi connectivity index (χ4n) is 2.54. The van der Waals surface area contributed by atoms with Gasteiger partial charge in [-0.05, 0) is 18.6 Å². The zero-order chi connectivity index (χ0) is 17.3. The molecule has 1 unspecified atom stereocenters. The first-order valence-electron chi connectivity index (χ1n) is 9.23. The molecular formula is C18H36N2O2S. The zero-order valence-electron chi connectivity index (χ0n) is 14.9. The first-order valence-corrected chi connectivity index (χ1v) is 10.4. The molecular weight excluding hydrogens is 308 g/mol. The molecule has 1 atom stereocenters. The standard InChI is InChI=1S/C18H36N2O2S/c1-2-3-4-5-6-7-8-9-10-11-14-23-15-16(18(20)22)12-13-17(19)21/h16H,2-15H2,1H3,(H2,19,21)(H2,20,22). The third kappa shape index (κ3) is 15.9. The lowest BCUT2D eigenvalue weighted by Gasteiger charge is -2.11. The smallest absolute Gasteiger partial charge is 0.221 e. The highest BCUT2D eigenvalue weighted by Gasteiger charge is 2.15. The Morgan fingerprint density at radius 3 is 1.87 bits per heavy atom. The molecule has 4 nitrogen and oxygen atoms in total. The summed E-state index contributed by atoms with van der Waals surface area (Å²) in [5, 5.41) is 0. The molecule has 0 aromatic rings. The van der Waals surface area contributed by atoms with E-state index in [0.717, 1.165) is 5.75 Å². The van der Waals surface area contributed by atoms with Gasteiger partial charge in [-0.2, -0.15) is 11.8 Å². The summed E-state index contributed by atoms with van der Waals surface area (Å²) < 4.78 is 0. The molecule has 0 aliphatic heterocycles. The molecule has 4 N–H and O–H groups in total. The molecule has 0 rings (SSSR count). The summed E-state index contributed by atoms with van der Waals surface area (Å²) in [6.45, 7) is 2.25. The van der Waals surface area contributed by atoms with Crippen molar-refractivity contribution in [1.29, 1.82) is 0 Å². The minimum absolute atomic E-state index is 0.226. The molecule has 0 aliphatic carbocycles. The Balaban J connectivity index is 3.39. The average Bonchev–Trinajstić information content (AvgIpc) is 2.50. The van der Waals surface area contributed by atoms with Gasteiger partial charge in [0.2, 0.25) is 11.8 Å². The topological polar surface area (TPSA) is 86.2 Å². The molecule has 0 radical (unpaired) electrons. The number of unbranched alkanes of at least 4 members (excludes halogenated alkanes) is 9. The Morgan fingerprint density at radius 1 is 0.870 bits per heavy atom. The summed E-state index contributed by atoms with van der Waals surface area (Å²) in [7, 11) is 0. The number of hydrogen-bond acceptors (Lipinski definition) is 3. The van der Waals surface area contributed by atoms with Gasteiger partial charge in [0.1, 0.15) is 0 Å². The van der Waals surface area contributed by atoms with Crippen LogP contribution in [0.5, 0.6) is 0 Å². The van der Waals surface area contributed by atoms with E-state index in [1.807, 2.05) is 0 Å². The zero-order valence-corrected chi connectivity index (χ0v) is 15.7. The van der Waals surface area contributed by atoms with Gasteiger partial charge in [-0.1, -0.05) is 64.7 Å². The van der Waals surface area contributed by atoms with Crippen LogP contribution in [0.15, 0.2) is 0 Å². The van der Waals surface area contributed by atoms with Crippen LogP contribution in [0, 0.1) is 5.92 Å². The maximum absolute atomic E-state index is 11.3. The number of carbonyl (C=O) groups is 2. The number of thioether (sulfide) groups is 1. The van der Waals surface area contributed by atoms with Crippen molar-refractivity contribution in [3.8, 4) is 0 Å². The minimum atomic E-state index is -0.365. The average molecular weight is 345 g/mol. The minimum Gasteiger partial charge on any atom is -0.370 e. The monoisotopic (exact) mass is 344 g/mol. The molecule has 23 heavy (non-hydrogen) atoms. The van der Waals surface area contributed by atoms with Crippen molar-refractivity contribution in [2.45, 2.75) is 84.0 Å². The largest absolute Gasteiger partial charge is 0.370 e. The number of hydrogen-bond donors (Lipinski definition) is 2. The van der Waals surface area contributed by atoms with E-state index >= 15 is 0 Å². The SMILES string of the molecule is CCCCCCCCCCCCSCC(CCC(N)=O)C(N)=O. The van der Waals surface area contributed by atoms with Crippen LogP contribution in [0.25, 0.3) is 0 Å². The molecule has 0 aromatic heterocycles. The van der Waals surface area contributed by atoms with E-state index in [1.165, 1.54) is 64.2 Å². The third-order valence-electron chi connectivity index (χ3n) is 4.10. The lowest BCUT2D eigenvalue weighted by Crippen LogP contribution is -2.27. The summed E-state index contributed by atoms with van der Waals surface area (Å²) in [5.41, 5.74) is 10.5. The van der Waals surface area contributed by atoms with Crippen molar-refractivity contribution < 1.29 is 9.59 Å². The van der Waals surface area contributed by atoms with Gasteiger partial charge in [0.05, 0.1) is 0 Å². The van der Waals surface area contributed by atoms with E-state index < -0.39 is 0 Å². The number of carbonyl (C=O) groups excluding carboxylic acids is 2. The van der Waals surface area contributed by atoms with E-state index in [4.69, 9.17) is 11.5 Å². The van der Waals surface area contributed by atoms with E-state index in [-0.39, 0.29) is 24.2 Å². The van der Waals surface area contributed by atoms with Gasteiger partial charge in [-0.15, -0.1) is 0 Å². The van der Waals surface area contributed by atoms with Crippen LogP contribution >= 0.6 is 11.8 Å². The van der Waals surface area contributed by atoms with Gasteiger partial charge in [0.15, 0.2) is 0 Å². The summed E-state index contributed by atoms with van der Waals surface area (Å²) in [5.74, 6) is 0.866. The van der Waals surface area contributed by atoms with Gasteiger partial charge in [-0.25, -0.2) is 0 Å². The molecule has 0 aliphatic rings. The molecule has 0 fully saturated rings. The highest BCUT2D eigenvalue weighted by molar-refractivity contribution is 7.99. The van der Waals surface area contributed by atoms with Crippen molar-refractivity contribution in [2.24, 2.45) is 17.4 Å². The van der Waals surface area contributed by atoms with Crippen molar-refractivity contribution in [3.05, 3.63) is 0 Å². The Bertz CT molecular complexity index is 311. The van der Waals surface area contributed by atoms with E-state index in [9.17, 15) is 9.59 Å².